The van der Waals surface area contributed by atoms with Gasteiger partial charge < -0.3 is 5.11 Å². The molecule has 1 N–H and O–H groups in total. The van der Waals surface area contributed by atoms with Crippen LogP contribution in [0.25, 0.3) is 0 Å². The van der Waals surface area contributed by atoms with Crippen molar-refractivity contribution in [3.8, 4) is 0 Å². The van der Waals surface area contributed by atoms with Crippen molar-refractivity contribution in [3.63, 3.8) is 0 Å². The van der Waals surface area contributed by atoms with E-state index >= 15 is 0 Å². The molecule has 0 aliphatic heterocycles. The fourth-order valence-electron chi connectivity index (χ4n) is 1.18. The molecule has 0 radical (unpaired) electrons. The highest BCUT2D eigenvalue weighted by Crippen LogP contribution is 2.22. The molecule has 0 fully saturated rings. The van der Waals surface area contributed by atoms with E-state index in [9.17, 15) is 9.50 Å². The minimum atomic E-state index is -0.289. The van der Waals surface area contributed by atoms with Crippen LogP contribution in [-0.2, 0) is 0 Å². The zero-order valence-corrected chi connectivity index (χ0v) is 7.34. The van der Waals surface area contributed by atoms with Crippen LogP contribution >= 0.6 is 0 Å². The van der Waals surface area contributed by atoms with E-state index in [1.165, 1.54) is 12.2 Å². The highest BCUT2D eigenvalue weighted by Gasteiger charge is 2.09. The van der Waals surface area contributed by atoms with Crippen molar-refractivity contribution in [2.45, 2.75) is 20.3 Å². The van der Waals surface area contributed by atoms with Crippen LogP contribution in [0.1, 0.15) is 20.3 Å². The summed E-state index contributed by atoms with van der Waals surface area (Å²) in [6, 6.07) is 0. The average molecular weight is 168 g/mol. The Hall–Kier alpha value is -1.05. The average Bonchev–Trinajstić information content (AvgIpc) is 2.13. The zero-order chi connectivity index (χ0) is 9.14. The zero-order valence-electron chi connectivity index (χ0n) is 7.34. The van der Waals surface area contributed by atoms with Gasteiger partial charge in [0.15, 0.2) is 0 Å². The molecule has 1 aliphatic carbocycles. The van der Waals surface area contributed by atoms with Crippen LogP contribution in [0.5, 0.6) is 0 Å². The fourth-order valence-corrected chi connectivity index (χ4v) is 1.18. The quantitative estimate of drug-likeness (QED) is 0.637. The van der Waals surface area contributed by atoms with Gasteiger partial charge in [0, 0.05) is 6.42 Å². The summed E-state index contributed by atoms with van der Waals surface area (Å²) in [5.41, 5.74) is 0.692. The topological polar surface area (TPSA) is 20.2 Å². The van der Waals surface area contributed by atoms with Crippen LogP contribution in [0.3, 0.4) is 0 Å². The van der Waals surface area contributed by atoms with Crippen molar-refractivity contribution in [2.75, 3.05) is 0 Å². The molecule has 0 aromatic rings. The van der Waals surface area contributed by atoms with Gasteiger partial charge in [0.1, 0.15) is 5.83 Å². The van der Waals surface area contributed by atoms with Gasteiger partial charge in [0.25, 0.3) is 0 Å². The maximum Gasteiger partial charge on any atom is 0.123 e. The lowest BCUT2D eigenvalue weighted by Gasteiger charge is -2.07. The molecule has 1 rings (SSSR count). The first-order valence-corrected chi connectivity index (χ1v) is 4.07. The van der Waals surface area contributed by atoms with Gasteiger partial charge in [0.2, 0.25) is 0 Å². The molecular formula is C10H13FO. The van der Waals surface area contributed by atoms with Crippen LogP contribution in [0.4, 0.5) is 4.39 Å². The van der Waals surface area contributed by atoms with Crippen LogP contribution in [0, 0.1) is 5.92 Å². The molecule has 1 nitrogen and oxygen atoms in total. The lowest BCUT2D eigenvalue weighted by atomic mass is 10.0. The molecule has 2 heteroatoms. The molecule has 0 spiro atoms. The van der Waals surface area contributed by atoms with E-state index < -0.39 is 0 Å². The van der Waals surface area contributed by atoms with E-state index in [-0.39, 0.29) is 17.5 Å². The molecule has 0 saturated carbocycles. The number of hydrogen-bond acceptors (Lipinski definition) is 1. The Kier molecular flexibility index (Phi) is 2.69. The predicted molar refractivity (Wildman–Crippen MR) is 47.4 cm³/mol. The van der Waals surface area contributed by atoms with Gasteiger partial charge >= 0.3 is 0 Å². The third-order valence-electron chi connectivity index (χ3n) is 1.84. The molecular weight excluding hydrogens is 155 g/mol. The van der Waals surface area contributed by atoms with Gasteiger partial charge in [-0.1, -0.05) is 19.9 Å². The Labute approximate surface area is 71.9 Å². The van der Waals surface area contributed by atoms with Crippen molar-refractivity contribution in [1.82, 2.24) is 0 Å². The van der Waals surface area contributed by atoms with E-state index in [1.54, 1.807) is 6.08 Å². The molecule has 0 atom stereocenters. The largest absolute Gasteiger partial charge is 0.512 e. The molecule has 0 aromatic heterocycles. The number of aliphatic hydroxyl groups excluding tert-OH is 1. The summed E-state index contributed by atoms with van der Waals surface area (Å²) in [6.45, 7) is 3.86. The summed E-state index contributed by atoms with van der Waals surface area (Å²) in [5, 5.41) is 9.45. The SMILES string of the molecule is CC(C)C1=C(O)CC=CC(F)=C1. The second-order valence-electron chi connectivity index (χ2n) is 3.19. The third kappa shape index (κ3) is 1.97. The summed E-state index contributed by atoms with van der Waals surface area (Å²) >= 11 is 0. The minimum absolute atomic E-state index is 0.163. The van der Waals surface area contributed by atoms with Crippen molar-refractivity contribution in [1.29, 1.82) is 0 Å². The van der Waals surface area contributed by atoms with Crippen LogP contribution in [-0.4, -0.2) is 5.11 Å². The van der Waals surface area contributed by atoms with Gasteiger partial charge in [-0.2, -0.15) is 0 Å². The van der Waals surface area contributed by atoms with Gasteiger partial charge in [-0.25, -0.2) is 4.39 Å². The van der Waals surface area contributed by atoms with Gasteiger partial charge in [0.05, 0.1) is 5.76 Å². The Morgan fingerprint density at radius 2 is 2.17 bits per heavy atom. The van der Waals surface area contributed by atoms with E-state index in [2.05, 4.69) is 0 Å². The number of hydrogen-bond donors (Lipinski definition) is 1. The molecule has 0 heterocycles. The lowest BCUT2D eigenvalue weighted by Crippen LogP contribution is -1.95. The Morgan fingerprint density at radius 3 is 2.75 bits per heavy atom. The van der Waals surface area contributed by atoms with Crippen molar-refractivity contribution in [2.24, 2.45) is 5.92 Å². The second-order valence-corrected chi connectivity index (χ2v) is 3.19. The summed E-state index contributed by atoms with van der Waals surface area (Å²) in [7, 11) is 0. The first-order valence-electron chi connectivity index (χ1n) is 4.07. The van der Waals surface area contributed by atoms with Gasteiger partial charge in [-0.05, 0) is 23.6 Å². The maximum absolute atomic E-state index is 12.9. The fraction of sp³-hybridized carbons (Fsp3) is 0.400. The van der Waals surface area contributed by atoms with Crippen LogP contribution in [0.2, 0.25) is 0 Å². The van der Waals surface area contributed by atoms with Crippen molar-refractivity contribution in [3.05, 3.63) is 35.4 Å². The van der Waals surface area contributed by atoms with E-state index in [0.717, 1.165) is 0 Å². The summed E-state index contributed by atoms with van der Waals surface area (Å²) in [6.07, 6.45) is 4.82. The number of aliphatic hydroxyl groups is 1. The Bertz CT molecular complexity index is 259. The normalized spacial score (nSPS) is 18.2. The molecule has 0 bridgehead atoms. The number of allylic oxidation sites excluding steroid dienone is 5. The summed E-state index contributed by atoms with van der Waals surface area (Å²) in [5.74, 6) is 0.146. The molecule has 0 saturated heterocycles. The van der Waals surface area contributed by atoms with E-state index in [0.29, 0.717) is 12.0 Å². The van der Waals surface area contributed by atoms with E-state index in [1.807, 2.05) is 13.8 Å². The monoisotopic (exact) mass is 168 g/mol. The van der Waals surface area contributed by atoms with Crippen molar-refractivity contribution >= 4 is 0 Å². The predicted octanol–water partition coefficient (Wildman–Crippen LogP) is 3.27. The van der Waals surface area contributed by atoms with Crippen LogP contribution in [0.15, 0.2) is 35.4 Å². The first kappa shape index (κ1) is 9.04. The smallest absolute Gasteiger partial charge is 0.123 e. The van der Waals surface area contributed by atoms with E-state index in [4.69, 9.17) is 0 Å². The Balaban J connectivity index is 3.01. The number of rotatable bonds is 1. The standard InChI is InChI=1S/C10H13FO/c1-7(2)9-6-8(11)4-3-5-10(9)12/h3-4,6-7,12H,5H2,1-2H3. The third-order valence-corrected chi connectivity index (χ3v) is 1.84. The van der Waals surface area contributed by atoms with Gasteiger partial charge in [-0.3, -0.25) is 0 Å². The lowest BCUT2D eigenvalue weighted by molar-refractivity contribution is 0.389. The van der Waals surface area contributed by atoms with Crippen molar-refractivity contribution < 1.29 is 9.50 Å². The Morgan fingerprint density at radius 1 is 1.50 bits per heavy atom. The number of halogens is 1. The molecule has 0 amide bonds. The molecule has 0 unspecified atom stereocenters. The highest BCUT2D eigenvalue weighted by molar-refractivity contribution is 5.33. The molecule has 0 aromatic carbocycles. The molecule has 66 valence electrons. The molecule has 12 heavy (non-hydrogen) atoms. The first-order chi connectivity index (χ1) is 5.61. The van der Waals surface area contributed by atoms with Gasteiger partial charge in [-0.15, -0.1) is 0 Å². The summed E-state index contributed by atoms with van der Waals surface area (Å²) in [4.78, 5) is 0. The highest BCUT2D eigenvalue weighted by atomic mass is 19.1. The second kappa shape index (κ2) is 3.57. The van der Waals surface area contributed by atoms with Crippen LogP contribution < -0.4 is 0 Å². The minimum Gasteiger partial charge on any atom is -0.512 e. The maximum atomic E-state index is 12.9. The molecule has 1 aliphatic rings. The summed E-state index contributed by atoms with van der Waals surface area (Å²) < 4.78 is 12.9.